The molecule has 0 bridgehead atoms. The van der Waals surface area contributed by atoms with Gasteiger partial charge in [0.1, 0.15) is 16.8 Å². The normalized spacial score (nSPS) is 12.6. The van der Waals surface area contributed by atoms with E-state index in [0.29, 0.717) is 16.2 Å². The molecule has 1 heterocycles. The summed E-state index contributed by atoms with van der Waals surface area (Å²) in [7, 11) is 0. The Morgan fingerprint density at radius 2 is 2.06 bits per heavy atom. The van der Waals surface area contributed by atoms with Crippen LogP contribution in [0.25, 0.3) is 0 Å². The SMILES string of the molecule is CSC(C)CCNc1nc(C)nc(Cl)c1C. The molecule has 3 nitrogen and oxygen atoms in total. The van der Waals surface area contributed by atoms with E-state index in [2.05, 4.69) is 28.5 Å². The Kier molecular flexibility index (Phi) is 5.35. The molecule has 1 aromatic rings. The minimum absolute atomic E-state index is 0.535. The fourth-order valence-corrected chi connectivity index (χ4v) is 1.84. The Labute approximate surface area is 106 Å². The number of nitrogens with one attached hydrogen (secondary N) is 1. The molecular formula is C11H18ClN3S. The number of rotatable bonds is 5. The number of hydrogen-bond acceptors (Lipinski definition) is 4. The largest absolute Gasteiger partial charge is 0.370 e. The van der Waals surface area contributed by atoms with Crippen molar-refractivity contribution in [2.24, 2.45) is 0 Å². The van der Waals surface area contributed by atoms with Crippen molar-refractivity contribution in [3.8, 4) is 0 Å². The molecule has 16 heavy (non-hydrogen) atoms. The summed E-state index contributed by atoms with van der Waals surface area (Å²) < 4.78 is 0. The Bertz CT molecular complexity index is 357. The van der Waals surface area contributed by atoms with Crippen LogP contribution in [-0.2, 0) is 0 Å². The van der Waals surface area contributed by atoms with Crippen molar-refractivity contribution < 1.29 is 0 Å². The van der Waals surface area contributed by atoms with E-state index in [4.69, 9.17) is 11.6 Å². The zero-order chi connectivity index (χ0) is 12.1. The second kappa shape index (κ2) is 6.30. The monoisotopic (exact) mass is 259 g/mol. The number of nitrogens with zero attached hydrogens (tertiary/aromatic N) is 2. The lowest BCUT2D eigenvalue weighted by atomic mass is 10.3. The molecule has 0 aliphatic rings. The molecule has 0 saturated carbocycles. The maximum absolute atomic E-state index is 5.99. The van der Waals surface area contributed by atoms with Gasteiger partial charge in [-0.15, -0.1) is 0 Å². The van der Waals surface area contributed by atoms with E-state index in [1.54, 1.807) is 0 Å². The van der Waals surface area contributed by atoms with E-state index in [0.717, 1.165) is 24.3 Å². The first-order chi connectivity index (χ1) is 7.54. The molecule has 0 aliphatic heterocycles. The van der Waals surface area contributed by atoms with Crippen LogP contribution in [0, 0.1) is 13.8 Å². The van der Waals surface area contributed by atoms with E-state index in [-0.39, 0.29) is 0 Å². The molecule has 1 atom stereocenters. The first-order valence-electron chi connectivity index (χ1n) is 5.32. The Morgan fingerprint density at radius 3 is 2.69 bits per heavy atom. The summed E-state index contributed by atoms with van der Waals surface area (Å²) in [5, 5.41) is 4.50. The van der Waals surface area contributed by atoms with Crippen molar-refractivity contribution in [1.82, 2.24) is 9.97 Å². The van der Waals surface area contributed by atoms with Gasteiger partial charge in [0, 0.05) is 17.4 Å². The third-order valence-corrected chi connectivity index (χ3v) is 3.85. The predicted octanol–water partition coefficient (Wildman–Crippen LogP) is 3.30. The number of anilines is 1. The summed E-state index contributed by atoms with van der Waals surface area (Å²) in [5.74, 6) is 1.56. The molecule has 90 valence electrons. The van der Waals surface area contributed by atoms with Crippen LogP contribution in [0.15, 0.2) is 0 Å². The van der Waals surface area contributed by atoms with Crippen LogP contribution in [-0.4, -0.2) is 28.0 Å². The van der Waals surface area contributed by atoms with Gasteiger partial charge >= 0.3 is 0 Å². The van der Waals surface area contributed by atoms with Crippen molar-refractivity contribution in [2.45, 2.75) is 32.4 Å². The third kappa shape index (κ3) is 3.83. The van der Waals surface area contributed by atoms with E-state index in [9.17, 15) is 0 Å². The minimum atomic E-state index is 0.535. The highest BCUT2D eigenvalue weighted by Crippen LogP contribution is 2.19. The van der Waals surface area contributed by atoms with E-state index >= 15 is 0 Å². The summed E-state index contributed by atoms with van der Waals surface area (Å²) in [6.45, 7) is 6.91. The van der Waals surface area contributed by atoms with Crippen molar-refractivity contribution in [2.75, 3.05) is 18.1 Å². The molecule has 1 unspecified atom stereocenters. The molecule has 0 fully saturated rings. The second-order valence-electron chi connectivity index (χ2n) is 3.80. The van der Waals surface area contributed by atoms with Gasteiger partial charge < -0.3 is 5.32 Å². The lowest BCUT2D eigenvalue weighted by molar-refractivity contribution is 0.845. The topological polar surface area (TPSA) is 37.8 Å². The average molecular weight is 260 g/mol. The molecule has 1 aromatic heterocycles. The summed E-state index contributed by atoms with van der Waals surface area (Å²) in [6, 6.07) is 0. The zero-order valence-corrected chi connectivity index (χ0v) is 11.7. The minimum Gasteiger partial charge on any atom is -0.370 e. The van der Waals surface area contributed by atoms with Gasteiger partial charge in [0.05, 0.1) is 0 Å². The number of thioether (sulfide) groups is 1. The highest BCUT2D eigenvalue weighted by Gasteiger charge is 2.07. The number of hydrogen-bond donors (Lipinski definition) is 1. The highest BCUT2D eigenvalue weighted by molar-refractivity contribution is 7.99. The fraction of sp³-hybridized carbons (Fsp3) is 0.636. The summed E-state index contributed by atoms with van der Waals surface area (Å²) in [4.78, 5) is 8.45. The van der Waals surface area contributed by atoms with Gasteiger partial charge in [-0.3, -0.25) is 0 Å². The lowest BCUT2D eigenvalue weighted by Gasteiger charge is -2.12. The van der Waals surface area contributed by atoms with Crippen molar-refractivity contribution in [3.05, 3.63) is 16.5 Å². The van der Waals surface area contributed by atoms with Gasteiger partial charge in [-0.05, 0) is 26.5 Å². The smallest absolute Gasteiger partial charge is 0.137 e. The summed E-state index contributed by atoms with van der Waals surface area (Å²) in [5.41, 5.74) is 0.920. The van der Waals surface area contributed by atoms with E-state index in [1.165, 1.54) is 0 Å². The van der Waals surface area contributed by atoms with Gasteiger partial charge in [0.15, 0.2) is 0 Å². The quantitative estimate of drug-likeness (QED) is 0.824. The Balaban J connectivity index is 2.60. The van der Waals surface area contributed by atoms with Gasteiger partial charge in [-0.1, -0.05) is 18.5 Å². The first kappa shape index (κ1) is 13.6. The van der Waals surface area contributed by atoms with Gasteiger partial charge in [-0.2, -0.15) is 11.8 Å². The van der Waals surface area contributed by atoms with Crippen LogP contribution < -0.4 is 5.32 Å². The molecular weight excluding hydrogens is 242 g/mol. The molecule has 5 heteroatoms. The number of aromatic nitrogens is 2. The predicted molar refractivity (Wildman–Crippen MR) is 72.6 cm³/mol. The van der Waals surface area contributed by atoms with Crippen LogP contribution in [0.1, 0.15) is 24.7 Å². The van der Waals surface area contributed by atoms with E-state index < -0.39 is 0 Å². The van der Waals surface area contributed by atoms with Gasteiger partial charge in [0.2, 0.25) is 0 Å². The number of halogens is 1. The van der Waals surface area contributed by atoms with E-state index in [1.807, 2.05) is 25.6 Å². The molecule has 0 radical (unpaired) electrons. The molecule has 0 spiro atoms. The van der Waals surface area contributed by atoms with Crippen molar-refractivity contribution >= 4 is 29.2 Å². The molecule has 0 saturated heterocycles. The van der Waals surface area contributed by atoms with Crippen LogP contribution in [0.4, 0.5) is 5.82 Å². The Morgan fingerprint density at radius 1 is 1.38 bits per heavy atom. The van der Waals surface area contributed by atoms with Crippen LogP contribution >= 0.6 is 23.4 Å². The number of aryl methyl sites for hydroxylation is 1. The van der Waals surface area contributed by atoms with Crippen LogP contribution in [0.5, 0.6) is 0 Å². The van der Waals surface area contributed by atoms with Crippen molar-refractivity contribution in [1.29, 1.82) is 0 Å². The molecule has 0 aliphatic carbocycles. The van der Waals surface area contributed by atoms with Crippen molar-refractivity contribution in [3.63, 3.8) is 0 Å². The maximum Gasteiger partial charge on any atom is 0.137 e. The molecule has 0 aromatic carbocycles. The highest BCUT2D eigenvalue weighted by atomic mass is 35.5. The zero-order valence-electron chi connectivity index (χ0n) is 10.2. The molecule has 1 rings (SSSR count). The fourth-order valence-electron chi connectivity index (χ4n) is 1.28. The van der Waals surface area contributed by atoms with Gasteiger partial charge in [-0.25, -0.2) is 9.97 Å². The van der Waals surface area contributed by atoms with Gasteiger partial charge in [0.25, 0.3) is 0 Å². The molecule has 0 amide bonds. The van der Waals surface area contributed by atoms with Crippen LogP contribution in [0.2, 0.25) is 5.15 Å². The first-order valence-corrected chi connectivity index (χ1v) is 6.98. The summed E-state index contributed by atoms with van der Waals surface area (Å²) in [6.07, 6.45) is 3.24. The maximum atomic E-state index is 5.99. The third-order valence-electron chi connectivity index (χ3n) is 2.44. The average Bonchev–Trinajstić information content (AvgIpc) is 2.24. The Hall–Kier alpha value is -0.480. The standard InChI is InChI=1S/C11H18ClN3S/c1-7(16-4)5-6-13-11-8(2)10(12)14-9(3)15-11/h7H,5-6H2,1-4H3,(H,13,14,15). The van der Waals surface area contributed by atoms with Crippen LogP contribution in [0.3, 0.4) is 0 Å². The lowest BCUT2D eigenvalue weighted by Crippen LogP contribution is -2.11. The second-order valence-corrected chi connectivity index (χ2v) is 5.43. The molecule has 1 N–H and O–H groups in total. The summed E-state index contributed by atoms with van der Waals surface area (Å²) >= 11 is 7.86.